The number of esters is 4. The van der Waals surface area contributed by atoms with Gasteiger partial charge in [-0.2, -0.15) is 0 Å². The molecule has 30 atom stereocenters. The molecule has 5 aliphatic carbocycles. The van der Waals surface area contributed by atoms with Gasteiger partial charge >= 0.3 is 29.8 Å². The van der Waals surface area contributed by atoms with E-state index in [-0.39, 0.29) is 49.4 Å². The molecule has 0 radical (unpaired) electrons. The third kappa shape index (κ3) is 13.9. The minimum Gasteiger partial charge on any atom is -0.493 e. The lowest BCUT2D eigenvalue weighted by Crippen LogP contribution is -2.71. The molecule has 9 aliphatic rings. The molecule has 0 unspecified atom stereocenters. The van der Waals surface area contributed by atoms with Crippen LogP contribution in [-0.4, -0.2) is 267 Å². The summed E-state index contributed by atoms with van der Waals surface area (Å²) in [6.45, 7) is 12.7. The van der Waals surface area contributed by atoms with Crippen molar-refractivity contribution in [1.82, 2.24) is 0 Å². The Hall–Kier alpha value is -5.27. The van der Waals surface area contributed by atoms with Crippen molar-refractivity contribution in [3.63, 3.8) is 0 Å². The molecule has 1 aromatic carbocycles. The number of aliphatic carboxylic acids is 1. The van der Waals surface area contributed by atoms with Crippen LogP contribution in [0.15, 0.2) is 29.9 Å². The maximum absolute atomic E-state index is 16.3. The zero-order chi connectivity index (χ0) is 74.1. The largest absolute Gasteiger partial charge is 0.493 e. The molecule has 31 nitrogen and oxygen atoms in total. The fourth-order valence-corrected chi connectivity index (χ4v) is 18.8. The molecule has 4 saturated carbocycles. The van der Waals surface area contributed by atoms with Crippen LogP contribution in [0.25, 0.3) is 6.08 Å². The molecule has 4 saturated heterocycles. The third-order valence-corrected chi connectivity index (χ3v) is 24.2. The maximum Gasteiger partial charge on any atom is 0.331 e. The number of ether oxygens (including phenoxy) is 14. The molecule has 0 bridgehead atoms. The van der Waals surface area contributed by atoms with Crippen molar-refractivity contribution in [2.45, 2.75) is 255 Å². The zero-order valence-corrected chi connectivity index (χ0v) is 58.9. The summed E-state index contributed by atoms with van der Waals surface area (Å²) in [5, 5.41) is 136. The highest BCUT2D eigenvalue weighted by atomic mass is 16.8. The molecule has 0 aromatic heterocycles. The average molecular weight is 1440 g/mol. The number of methoxy groups -OCH3 is 3. The molecule has 101 heavy (non-hydrogen) atoms. The number of benzene rings is 1. The molecule has 4 heterocycles. The predicted octanol–water partition coefficient (Wildman–Crippen LogP) is 0.460. The number of rotatable bonds is 20. The number of fused-ring (bicyclic) bond motifs is 7. The van der Waals surface area contributed by atoms with E-state index < -0.39 is 235 Å². The number of aliphatic hydroxyl groups is 11. The van der Waals surface area contributed by atoms with Crippen molar-refractivity contribution in [2.75, 3.05) is 41.2 Å². The molecular formula is C70H102O31. The highest BCUT2D eigenvalue weighted by Crippen LogP contribution is 2.76. The Kier molecular flexibility index (Phi) is 23.2. The molecule has 8 fully saturated rings. The molecule has 0 spiro atoms. The van der Waals surface area contributed by atoms with Crippen LogP contribution in [0, 0.1) is 50.2 Å². The lowest BCUT2D eigenvalue weighted by Gasteiger charge is -2.71. The summed E-state index contributed by atoms with van der Waals surface area (Å²) in [5.74, 6) is -5.96. The Morgan fingerprint density at radius 1 is 0.594 bits per heavy atom. The Balaban J connectivity index is 1.03. The SMILES string of the molecule is COc1cc(C=CC(=O)O[C@@H]2[C@H](O[C@@H]3O[C@H](COC(C)=O)[C@H](O)[C@H](O)[C@H]3O)[C@@H](O[C@@H]3O[C@@H](C)[C@H](O)[C@@H](OC(C)=O)[C@H]3O)[C@H](OC(=O)[C@]34CCC(C)(C)C[C@H]3C3=CC[C@@H]5[C@@]6(C)C[C@H](O)[C@H](O[C@@H]7O[C@H](CO)[C@@H](O)[C@H](O)[C@H]7O)[C@@](C)(C(=O)O)[C@@H]6CC[C@@]5(C)[C@]3(CO)CC4)O[C@@H]2C)cc(OC)c1OC. The summed E-state index contributed by atoms with van der Waals surface area (Å²) in [6, 6.07) is 3.09. The number of allylic oxidation sites excluding steroid dienone is 1. The normalized spacial score (nSPS) is 44.9. The van der Waals surface area contributed by atoms with Gasteiger partial charge in [-0.3, -0.25) is 19.2 Å². The van der Waals surface area contributed by atoms with Gasteiger partial charge in [0.15, 0.2) is 48.7 Å². The third-order valence-electron chi connectivity index (χ3n) is 24.2. The van der Waals surface area contributed by atoms with Crippen LogP contribution in [0.5, 0.6) is 17.2 Å². The number of hydrogen-bond acceptors (Lipinski definition) is 30. The smallest absolute Gasteiger partial charge is 0.331 e. The summed E-state index contributed by atoms with van der Waals surface area (Å²) >= 11 is 0. The first-order chi connectivity index (χ1) is 47.5. The maximum atomic E-state index is 16.3. The van der Waals surface area contributed by atoms with Gasteiger partial charge in [0.25, 0.3) is 0 Å². The number of carboxylic acids is 1. The monoisotopic (exact) mass is 1440 g/mol. The van der Waals surface area contributed by atoms with Gasteiger partial charge in [-0.05, 0) is 136 Å². The minimum atomic E-state index is -2.13. The average Bonchev–Trinajstić information content (AvgIpc) is 0.671. The quantitative estimate of drug-likeness (QED) is 0.0277. The molecule has 0 amide bonds. The highest BCUT2D eigenvalue weighted by molar-refractivity contribution is 5.87. The van der Waals surface area contributed by atoms with E-state index in [1.807, 2.05) is 13.0 Å². The van der Waals surface area contributed by atoms with Crippen LogP contribution >= 0.6 is 0 Å². The minimum absolute atomic E-state index is 0.0180. The number of aliphatic hydroxyl groups excluding tert-OH is 11. The molecular weight excluding hydrogens is 1340 g/mol. The lowest BCUT2D eigenvalue weighted by atomic mass is 9.33. The van der Waals surface area contributed by atoms with Crippen molar-refractivity contribution in [2.24, 2.45) is 50.2 Å². The van der Waals surface area contributed by atoms with Gasteiger partial charge in [-0.25, -0.2) is 4.79 Å². The second kappa shape index (κ2) is 29.9. The summed E-state index contributed by atoms with van der Waals surface area (Å²) in [6.07, 6.45) is -32.2. The topological polar surface area (TPSA) is 457 Å². The second-order valence-electron chi connectivity index (χ2n) is 30.5. The number of hydrogen-bond donors (Lipinski definition) is 12. The summed E-state index contributed by atoms with van der Waals surface area (Å²) in [4.78, 5) is 69.3. The Morgan fingerprint density at radius 3 is 1.78 bits per heavy atom. The fourth-order valence-electron chi connectivity index (χ4n) is 18.8. The van der Waals surface area contributed by atoms with Crippen LogP contribution in [0.2, 0.25) is 0 Å². The zero-order valence-electron chi connectivity index (χ0n) is 58.9. The molecule has 12 N–H and O–H groups in total. The number of carbonyl (C=O) groups is 5. The number of carboxylic acid groups (broad SMARTS) is 1. The van der Waals surface area contributed by atoms with Gasteiger partial charge in [0, 0.05) is 25.3 Å². The number of carbonyl (C=O) groups excluding carboxylic acids is 4. The fraction of sp³-hybridized carbons (Fsp3) is 0.786. The summed E-state index contributed by atoms with van der Waals surface area (Å²) < 4.78 is 83.9. The van der Waals surface area contributed by atoms with E-state index in [1.165, 1.54) is 48.2 Å². The van der Waals surface area contributed by atoms with E-state index in [9.17, 15) is 80.5 Å². The van der Waals surface area contributed by atoms with E-state index in [1.54, 1.807) is 12.1 Å². The standard InChI is InChI=1S/C70H102O31/c1-30-45(77)55(94-33(4)74)52(84)61(92-30)99-57-56(98-59-50(82)49(81)47(79)41(96-59)28-91-32(3)73)53(97-44(76)16-13-34-23-38(88-10)54(90-12)39(24-34)89-11)31(2)93-62(57)101-64(87)69-20-19-65(5,6)25-36(69)35-14-15-42-66(7)26-37(75)58(100-60-51(83)48(80)46(78)40(27-71)95-60)68(9,63(85)86)43(66)17-18-67(42,8)70(35,29-72)22-21-69/h13-14,16,23-24,30-31,36-37,40-43,45-53,55-62,71-72,75,77-84H,15,17-22,25-29H2,1-12H3,(H,85,86)/t30-,31+,36-,37-,40+,41+,42+,43+,45-,46+,47-,48-,49-,50+,51+,52+,53-,55+,56-,57+,58-,59-,60-,61-,62-,66+,67+,68-,69-,70-/m0/s1. The van der Waals surface area contributed by atoms with Crippen molar-refractivity contribution in [3.8, 4) is 17.2 Å². The molecule has 568 valence electrons. The Bertz CT molecular complexity index is 3210. The van der Waals surface area contributed by atoms with E-state index >= 15 is 4.79 Å². The van der Waals surface area contributed by atoms with Crippen LogP contribution in [0.3, 0.4) is 0 Å². The van der Waals surface area contributed by atoms with Crippen molar-refractivity contribution >= 4 is 35.9 Å². The molecule has 1 aromatic rings. The highest BCUT2D eigenvalue weighted by Gasteiger charge is 2.74. The van der Waals surface area contributed by atoms with Gasteiger partial charge in [0.1, 0.15) is 79.9 Å². The van der Waals surface area contributed by atoms with Gasteiger partial charge in [-0.1, -0.05) is 39.3 Å². The molecule has 10 rings (SSSR count). The van der Waals surface area contributed by atoms with E-state index in [2.05, 4.69) is 20.8 Å². The van der Waals surface area contributed by atoms with Crippen LogP contribution in [-0.2, 0) is 76.1 Å². The Labute approximate surface area is 584 Å². The van der Waals surface area contributed by atoms with Crippen molar-refractivity contribution < 1.29 is 152 Å². The van der Waals surface area contributed by atoms with E-state index in [0.29, 0.717) is 31.2 Å². The molecule has 4 aliphatic heterocycles. The summed E-state index contributed by atoms with van der Waals surface area (Å²) in [7, 11) is 4.21. The predicted molar refractivity (Wildman–Crippen MR) is 343 cm³/mol. The van der Waals surface area contributed by atoms with Gasteiger partial charge in [0.05, 0.1) is 63.7 Å². The van der Waals surface area contributed by atoms with E-state index in [4.69, 9.17) is 66.3 Å². The molecule has 31 heteroatoms. The first kappa shape index (κ1) is 78.3. The van der Waals surface area contributed by atoms with Crippen LogP contribution in [0.1, 0.15) is 126 Å². The van der Waals surface area contributed by atoms with Crippen molar-refractivity contribution in [3.05, 3.63) is 35.4 Å². The second-order valence-corrected chi connectivity index (χ2v) is 30.5. The Morgan fingerprint density at radius 2 is 1.19 bits per heavy atom. The van der Waals surface area contributed by atoms with Crippen LogP contribution in [0.4, 0.5) is 0 Å². The van der Waals surface area contributed by atoms with E-state index in [0.717, 1.165) is 25.5 Å². The van der Waals surface area contributed by atoms with Gasteiger partial charge in [-0.15, -0.1) is 0 Å². The first-order valence-corrected chi connectivity index (χ1v) is 34.5. The summed E-state index contributed by atoms with van der Waals surface area (Å²) in [5.41, 5.74) is -5.48. The van der Waals surface area contributed by atoms with Crippen molar-refractivity contribution in [1.29, 1.82) is 0 Å². The first-order valence-electron chi connectivity index (χ1n) is 34.5. The van der Waals surface area contributed by atoms with Crippen LogP contribution < -0.4 is 14.2 Å². The lowest BCUT2D eigenvalue weighted by molar-refractivity contribution is -0.385. The van der Waals surface area contributed by atoms with Gasteiger partial charge < -0.3 is 128 Å². The van der Waals surface area contributed by atoms with Gasteiger partial charge in [0.2, 0.25) is 12.0 Å².